The Hall–Kier alpha value is -2.24. The molecule has 11 heteroatoms. The Balaban J connectivity index is 2.64. The maximum absolute atomic E-state index is 11.7. The average molecular weight is 317 g/mol. The number of nitrogens with zero attached hydrogens (tertiary/aromatic N) is 2. The predicted molar refractivity (Wildman–Crippen MR) is 71.5 cm³/mol. The lowest BCUT2D eigenvalue weighted by atomic mass is 10.2. The molecule has 1 unspecified atom stereocenters. The van der Waals surface area contributed by atoms with Gasteiger partial charge in [-0.2, -0.15) is 4.98 Å². The Morgan fingerprint density at radius 1 is 1.36 bits per heavy atom. The van der Waals surface area contributed by atoms with Crippen LogP contribution in [0, 0.1) is 0 Å². The summed E-state index contributed by atoms with van der Waals surface area (Å²) < 4.78 is 4.83. The van der Waals surface area contributed by atoms with E-state index in [1.807, 2.05) is 0 Å². The first-order valence-corrected chi connectivity index (χ1v) is 6.44. The van der Waals surface area contributed by atoms with Crippen molar-refractivity contribution in [1.29, 1.82) is 0 Å². The molecule has 1 rings (SSSR count). The number of nitrogens with one attached hydrogen (secondary N) is 2. The summed E-state index contributed by atoms with van der Waals surface area (Å²) in [6.45, 7) is 2.40. The van der Waals surface area contributed by atoms with E-state index in [4.69, 9.17) is 20.5 Å². The van der Waals surface area contributed by atoms with Crippen LogP contribution in [0.3, 0.4) is 0 Å². The van der Waals surface area contributed by atoms with Gasteiger partial charge in [-0.15, -0.1) is 0 Å². The molecule has 1 aromatic heterocycles. The Bertz CT molecular complexity index is 519. The van der Waals surface area contributed by atoms with E-state index in [-0.39, 0.29) is 18.3 Å². The van der Waals surface area contributed by atoms with Gasteiger partial charge in [0.25, 0.3) is 0 Å². The summed E-state index contributed by atoms with van der Waals surface area (Å²) >= 11 is 0. The molecule has 1 heterocycles. The summed E-state index contributed by atoms with van der Waals surface area (Å²) in [5, 5.41) is 35.1. The number of nitrogens with two attached hydrogens (primary N) is 1. The fourth-order valence-electron chi connectivity index (χ4n) is 1.48. The molecule has 2 amide bonds. The Kier molecular flexibility index (Phi) is 6.22. The van der Waals surface area contributed by atoms with E-state index >= 15 is 0 Å². The standard InChI is InChI=1S/C11H19N5O6/c1-4(8-15-9(22-16-8)6(12)3-17)13-11(21)14-7(5(2)18)10(19)20/h4-7,17-18H,3,12H2,1-2H3,(H,19,20)(H2,13,14,21)/t4-,5?,6-,7-/m0/s1. The summed E-state index contributed by atoms with van der Waals surface area (Å²) in [6.07, 6.45) is -1.27. The van der Waals surface area contributed by atoms with Crippen molar-refractivity contribution >= 4 is 12.0 Å². The highest BCUT2D eigenvalue weighted by molar-refractivity contribution is 5.83. The highest BCUT2D eigenvalue weighted by atomic mass is 16.5. The number of carboxylic acids is 1. The maximum atomic E-state index is 11.7. The van der Waals surface area contributed by atoms with Crippen LogP contribution < -0.4 is 16.4 Å². The molecule has 124 valence electrons. The van der Waals surface area contributed by atoms with Crippen LogP contribution in [0.15, 0.2) is 4.52 Å². The van der Waals surface area contributed by atoms with Gasteiger partial charge >= 0.3 is 12.0 Å². The number of rotatable bonds is 7. The summed E-state index contributed by atoms with van der Waals surface area (Å²) in [4.78, 5) is 26.5. The number of aliphatic hydroxyl groups is 2. The second-order valence-electron chi connectivity index (χ2n) is 4.68. The minimum absolute atomic E-state index is 0.0129. The monoisotopic (exact) mass is 317 g/mol. The maximum Gasteiger partial charge on any atom is 0.328 e. The zero-order valence-electron chi connectivity index (χ0n) is 12.1. The number of hydrogen-bond acceptors (Lipinski definition) is 8. The first-order valence-electron chi connectivity index (χ1n) is 6.44. The van der Waals surface area contributed by atoms with Crippen LogP contribution in [0.4, 0.5) is 4.79 Å². The lowest BCUT2D eigenvalue weighted by molar-refractivity contribution is -0.141. The van der Waals surface area contributed by atoms with E-state index in [9.17, 15) is 14.7 Å². The number of carboxylic acid groups (broad SMARTS) is 1. The van der Waals surface area contributed by atoms with Crippen molar-refractivity contribution in [1.82, 2.24) is 20.8 Å². The Labute approximate surface area is 125 Å². The zero-order chi connectivity index (χ0) is 16.9. The molecule has 22 heavy (non-hydrogen) atoms. The number of aliphatic hydroxyl groups excluding tert-OH is 2. The number of urea groups is 1. The van der Waals surface area contributed by atoms with Gasteiger partial charge in [-0.1, -0.05) is 5.16 Å². The molecule has 0 aliphatic heterocycles. The number of aliphatic carboxylic acids is 1. The molecule has 0 saturated heterocycles. The van der Waals surface area contributed by atoms with E-state index in [0.29, 0.717) is 0 Å². The first kappa shape index (κ1) is 17.8. The SMILES string of the molecule is CC(O)[C@H](NC(=O)N[C@@H](C)c1noc([C@@H](N)CO)n1)C(=O)O. The fraction of sp³-hybridized carbons (Fsp3) is 0.636. The Morgan fingerprint density at radius 2 is 2.00 bits per heavy atom. The summed E-state index contributed by atoms with van der Waals surface area (Å²) in [6, 6.07) is -3.80. The highest BCUT2D eigenvalue weighted by Crippen LogP contribution is 2.12. The molecule has 11 nitrogen and oxygen atoms in total. The minimum atomic E-state index is -1.45. The summed E-state index contributed by atoms with van der Waals surface area (Å²) in [7, 11) is 0. The molecule has 0 bridgehead atoms. The first-order chi connectivity index (χ1) is 10.3. The predicted octanol–water partition coefficient (Wildman–Crippen LogP) is -1.74. The van der Waals surface area contributed by atoms with Crippen molar-refractivity contribution < 1.29 is 29.4 Å². The van der Waals surface area contributed by atoms with E-state index in [2.05, 4.69) is 20.8 Å². The van der Waals surface area contributed by atoms with Crippen molar-refractivity contribution in [3.05, 3.63) is 11.7 Å². The number of hydrogen-bond donors (Lipinski definition) is 6. The number of aromatic nitrogens is 2. The van der Waals surface area contributed by atoms with E-state index in [1.165, 1.54) is 13.8 Å². The van der Waals surface area contributed by atoms with Gasteiger partial charge in [0.2, 0.25) is 5.89 Å². The van der Waals surface area contributed by atoms with Gasteiger partial charge in [0.05, 0.1) is 18.8 Å². The van der Waals surface area contributed by atoms with Crippen molar-refractivity contribution in [3.63, 3.8) is 0 Å². The van der Waals surface area contributed by atoms with E-state index in [0.717, 1.165) is 0 Å². The molecule has 0 saturated carbocycles. The van der Waals surface area contributed by atoms with Gasteiger partial charge < -0.3 is 36.2 Å². The van der Waals surface area contributed by atoms with Crippen LogP contribution >= 0.6 is 0 Å². The largest absolute Gasteiger partial charge is 0.480 e. The van der Waals surface area contributed by atoms with Crippen molar-refractivity contribution in [3.8, 4) is 0 Å². The second kappa shape index (κ2) is 7.68. The number of amides is 2. The minimum Gasteiger partial charge on any atom is -0.480 e. The molecule has 0 aliphatic rings. The van der Waals surface area contributed by atoms with Crippen LogP contribution in [-0.2, 0) is 4.79 Å². The molecule has 7 N–H and O–H groups in total. The lowest BCUT2D eigenvalue weighted by Gasteiger charge is -2.18. The molecule has 0 radical (unpaired) electrons. The topological polar surface area (TPSA) is 184 Å². The third kappa shape index (κ3) is 4.65. The number of carbonyl (C=O) groups is 2. The van der Waals surface area contributed by atoms with E-state index in [1.54, 1.807) is 0 Å². The smallest absolute Gasteiger partial charge is 0.328 e. The quantitative estimate of drug-likeness (QED) is 0.339. The fourth-order valence-corrected chi connectivity index (χ4v) is 1.48. The van der Waals surface area contributed by atoms with Gasteiger partial charge in [0.15, 0.2) is 11.9 Å². The number of carbonyl (C=O) groups excluding carboxylic acids is 1. The van der Waals surface area contributed by atoms with E-state index < -0.39 is 36.2 Å². The van der Waals surface area contributed by atoms with Crippen molar-refractivity contribution in [2.45, 2.75) is 38.1 Å². The second-order valence-corrected chi connectivity index (χ2v) is 4.68. The third-order valence-corrected chi connectivity index (χ3v) is 2.74. The molecular weight excluding hydrogens is 298 g/mol. The van der Waals surface area contributed by atoms with Crippen LogP contribution in [0.25, 0.3) is 0 Å². The van der Waals surface area contributed by atoms with Crippen LogP contribution in [0.1, 0.15) is 37.6 Å². The molecule has 4 atom stereocenters. The van der Waals surface area contributed by atoms with Crippen molar-refractivity contribution in [2.75, 3.05) is 6.61 Å². The summed E-state index contributed by atoms with van der Waals surface area (Å²) in [5.41, 5.74) is 5.50. The van der Waals surface area contributed by atoms with Crippen LogP contribution in [0.2, 0.25) is 0 Å². The third-order valence-electron chi connectivity index (χ3n) is 2.74. The molecule has 0 fully saturated rings. The average Bonchev–Trinajstić information content (AvgIpc) is 2.93. The van der Waals surface area contributed by atoms with Gasteiger partial charge in [-0.3, -0.25) is 0 Å². The zero-order valence-corrected chi connectivity index (χ0v) is 12.1. The molecule has 0 spiro atoms. The Morgan fingerprint density at radius 3 is 2.50 bits per heavy atom. The van der Waals surface area contributed by atoms with Crippen LogP contribution in [-0.4, -0.2) is 56.2 Å². The lowest BCUT2D eigenvalue weighted by Crippen LogP contribution is -2.51. The van der Waals surface area contributed by atoms with Gasteiger partial charge in [-0.05, 0) is 13.8 Å². The highest BCUT2D eigenvalue weighted by Gasteiger charge is 2.26. The molecule has 0 aliphatic carbocycles. The normalized spacial score (nSPS) is 16.4. The molecule has 1 aromatic rings. The molecule has 0 aromatic carbocycles. The summed E-state index contributed by atoms with van der Waals surface area (Å²) in [5.74, 6) is -1.24. The van der Waals surface area contributed by atoms with Crippen molar-refractivity contribution in [2.24, 2.45) is 5.73 Å². The molecular formula is C11H19N5O6. The van der Waals surface area contributed by atoms with Gasteiger partial charge in [0, 0.05) is 0 Å². The van der Waals surface area contributed by atoms with Gasteiger partial charge in [-0.25, -0.2) is 9.59 Å². The van der Waals surface area contributed by atoms with Crippen LogP contribution in [0.5, 0.6) is 0 Å². The van der Waals surface area contributed by atoms with Gasteiger partial charge in [0.1, 0.15) is 6.04 Å².